The first-order valence-corrected chi connectivity index (χ1v) is 8.00. The first-order valence-electron chi connectivity index (χ1n) is 8.00. The Balaban J connectivity index is 2.26. The van der Waals surface area contributed by atoms with Crippen LogP contribution >= 0.6 is 0 Å². The van der Waals surface area contributed by atoms with E-state index in [0.717, 1.165) is 35.5 Å². The van der Waals surface area contributed by atoms with Crippen LogP contribution in [-0.2, 0) is 16.0 Å². The van der Waals surface area contributed by atoms with Crippen molar-refractivity contribution in [1.29, 1.82) is 0 Å². The second-order valence-electron chi connectivity index (χ2n) is 5.91. The van der Waals surface area contributed by atoms with Gasteiger partial charge in [0.1, 0.15) is 0 Å². The van der Waals surface area contributed by atoms with E-state index < -0.39 is 0 Å². The first-order chi connectivity index (χ1) is 11.0. The van der Waals surface area contributed by atoms with Crippen LogP contribution < -0.4 is 4.90 Å². The molecule has 0 unspecified atom stereocenters. The maximum Gasteiger partial charge on any atom is 0.310 e. The molecule has 1 N–H and O–H groups in total. The van der Waals surface area contributed by atoms with Crippen LogP contribution in [0.5, 0.6) is 0 Å². The van der Waals surface area contributed by atoms with E-state index in [2.05, 4.69) is 29.3 Å². The van der Waals surface area contributed by atoms with Gasteiger partial charge in [0.25, 0.3) is 0 Å². The number of unbranched alkanes of at least 4 members (excludes halogenated alkanes) is 1. The fourth-order valence-electron chi connectivity index (χ4n) is 2.38. The average molecular weight is 315 g/mol. The van der Waals surface area contributed by atoms with Crippen molar-refractivity contribution in [2.75, 3.05) is 25.6 Å². The summed E-state index contributed by atoms with van der Waals surface area (Å²) in [5.74, 6) is 0.560. The van der Waals surface area contributed by atoms with Gasteiger partial charge in [0.15, 0.2) is 5.82 Å². The van der Waals surface area contributed by atoms with Crippen LogP contribution in [0.1, 0.15) is 30.9 Å². The van der Waals surface area contributed by atoms with Gasteiger partial charge < -0.3 is 9.64 Å². The van der Waals surface area contributed by atoms with E-state index in [1.54, 1.807) is 0 Å². The molecule has 0 saturated heterocycles. The number of aromatic amines is 1. The van der Waals surface area contributed by atoms with Gasteiger partial charge in [0.05, 0.1) is 18.7 Å². The van der Waals surface area contributed by atoms with Gasteiger partial charge in [0, 0.05) is 19.7 Å². The summed E-state index contributed by atoms with van der Waals surface area (Å²) in [5, 5.41) is 7.42. The molecule has 0 radical (unpaired) electrons. The molecule has 2 rings (SSSR count). The molecule has 0 spiro atoms. The number of anilines is 1. The molecular weight excluding hydrogens is 290 g/mol. The fraction of sp³-hybridized carbons (Fsp3) is 0.444. The zero-order valence-corrected chi connectivity index (χ0v) is 14.3. The summed E-state index contributed by atoms with van der Waals surface area (Å²) in [6.45, 7) is 4.60. The number of rotatable bonds is 7. The van der Waals surface area contributed by atoms with E-state index in [9.17, 15) is 4.79 Å². The fourth-order valence-corrected chi connectivity index (χ4v) is 2.38. The van der Waals surface area contributed by atoms with E-state index in [1.165, 1.54) is 5.56 Å². The number of esters is 1. The van der Waals surface area contributed by atoms with E-state index >= 15 is 0 Å². The van der Waals surface area contributed by atoms with Gasteiger partial charge in [0.2, 0.25) is 0 Å². The lowest BCUT2D eigenvalue weighted by molar-refractivity contribution is -0.142. The average Bonchev–Trinajstić information content (AvgIpc) is 2.92. The van der Waals surface area contributed by atoms with Gasteiger partial charge in [-0.1, -0.05) is 43.2 Å². The minimum Gasteiger partial charge on any atom is -0.465 e. The lowest BCUT2D eigenvalue weighted by Gasteiger charge is -2.12. The summed E-state index contributed by atoms with van der Waals surface area (Å²) < 4.78 is 5.30. The van der Waals surface area contributed by atoms with Crippen molar-refractivity contribution in [2.45, 2.75) is 33.1 Å². The van der Waals surface area contributed by atoms with Gasteiger partial charge >= 0.3 is 5.97 Å². The molecule has 5 heteroatoms. The Morgan fingerprint density at radius 1 is 1.26 bits per heavy atom. The molecule has 124 valence electrons. The zero-order valence-electron chi connectivity index (χ0n) is 14.3. The molecule has 2 aromatic rings. The first kappa shape index (κ1) is 17.1. The van der Waals surface area contributed by atoms with Gasteiger partial charge in [-0.05, 0) is 18.9 Å². The number of ether oxygens (including phenoxy) is 1. The minimum atomic E-state index is -0.212. The quantitative estimate of drug-likeness (QED) is 0.629. The summed E-state index contributed by atoms with van der Waals surface area (Å²) in [7, 11) is 3.84. The van der Waals surface area contributed by atoms with Crippen LogP contribution in [0.25, 0.3) is 11.3 Å². The van der Waals surface area contributed by atoms with E-state index in [1.807, 2.05) is 38.1 Å². The van der Waals surface area contributed by atoms with Gasteiger partial charge in [-0.25, -0.2) is 0 Å². The number of H-pyrrole nitrogens is 1. The highest BCUT2D eigenvalue weighted by Crippen LogP contribution is 2.29. The maximum absolute atomic E-state index is 12.1. The highest BCUT2D eigenvalue weighted by Gasteiger charge is 2.19. The molecule has 0 fully saturated rings. The topological polar surface area (TPSA) is 58.2 Å². The molecule has 0 bridgehead atoms. The third kappa shape index (κ3) is 4.34. The summed E-state index contributed by atoms with van der Waals surface area (Å²) >= 11 is 0. The van der Waals surface area contributed by atoms with E-state index in [0.29, 0.717) is 6.61 Å². The number of aryl methyl sites for hydroxylation is 1. The van der Waals surface area contributed by atoms with Gasteiger partial charge in [-0.15, -0.1) is 0 Å². The minimum absolute atomic E-state index is 0.212. The van der Waals surface area contributed by atoms with Crippen LogP contribution in [0.3, 0.4) is 0 Å². The zero-order chi connectivity index (χ0) is 16.8. The number of benzene rings is 1. The van der Waals surface area contributed by atoms with Crippen molar-refractivity contribution < 1.29 is 9.53 Å². The Morgan fingerprint density at radius 3 is 2.57 bits per heavy atom. The van der Waals surface area contributed by atoms with Crippen LogP contribution in [0, 0.1) is 6.92 Å². The Morgan fingerprint density at radius 2 is 1.96 bits per heavy atom. The number of aromatic nitrogens is 2. The lowest BCUT2D eigenvalue weighted by Crippen LogP contribution is -2.15. The van der Waals surface area contributed by atoms with Gasteiger partial charge in [-0.3, -0.25) is 9.89 Å². The van der Waals surface area contributed by atoms with Crippen molar-refractivity contribution in [2.24, 2.45) is 0 Å². The lowest BCUT2D eigenvalue weighted by atomic mass is 10.0. The molecule has 0 saturated carbocycles. The van der Waals surface area contributed by atoms with Gasteiger partial charge in [-0.2, -0.15) is 5.10 Å². The normalized spacial score (nSPS) is 10.6. The number of hydrogen-bond donors (Lipinski definition) is 1. The van der Waals surface area contributed by atoms with Crippen molar-refractivity contribution in [3.8, 4) is 11.3 Å². The predicted molar refractivity (Wildman–Crippen MR) is 92.7 cm³/mol. The third-order valence-electron chi connectivity index (χ3n) is 3.69. The Kier molecular flexibility index (Phi) is 5.79. The Bertz CT molecular complexity index is 645. The number of carbonyl (C=O) groups is 1. The largest absolute Gasteiger partial charge is 0.465 e. The highest BCUT2D eigenvalue weighted by atomic mass is 16.5. The summed E-state index contributed by atoms with van der Waals surface area (Å²) in [5.41, 5.74) is 3.97. The second-order valence-corrected chi connectivity index (χ2v) is 5.91. The number of hydrogen-bond acceptors (Lipinski definition) is 4. The summed E-state index contributed by atoms with van der Waals surface area (Å²) in [6, 6.07) is 8.17. The molecular formula is C18H25N3O2. The van der Waals surface area contributed by atoms with Crippen LogP contribution in [0.4, 0.5) is 5.82 Å². The van der Waals surface area contributed by atoms with Crippen molar-refractivity contribution in [3.05, 3.63) is 35.4 Å². The Labute approximate surface area is 137 Å². The third-order valence-corrected chi connectivity index (χ3v) is 3.69. The molecule has 1 aromatic carbocycles. The highest BCUT2D eigenvalue weighted by molar-refractivity contribution is 5.80. The number of carbonyl (C=O) groups excluding carboxylic acids is 1. The van der Waals surface area contributed by atoms with Crippen LogP contribution in [0.15, 0.2) is 24.3 Å². The monoisotopic (exact) mass is 315 g/mol. The molecule has 1 heterocycles. The predicted octanol–water partition coefficient (Wildman–Crippen LogP) is 3.34. The summed E-state index contributed by atoms with van der Waals surface area (Å²) in [4.78, 5) is 14.0. The van der Waals surface area contributed by atoms with Crippen molar-refractivity contribution >= 4 is 11.8 Å². The van der Waals surface area contributed by atoms with Crippen LogP contribution in [0.2, 0.25) is 0 Å². The standard InChI is InChI=1S/C18H25N3O2/c1-5-6-11-23-16(22)12-15-17(19-20-18(15)21(3)4)14-9-7-13(2)8-10-14/h7-10H,5-6,11-12H2,1-4H3,(H,19,20). The van der Waals surface area contributed by atoms with Crippen LogP contribution in [-0.4, -0.2) is 36.9 Å². The molecule has 0 atom stereocenters. The number of nitrogens with one attached hydrogen (secondary N) is 1. The van der Waals surface area contributed by atoms with Crippen molar-refractivity contribution in [3.63, 3.8) is 0 Å². The smallest absolute Gasteiger partial charge is 0.310 e. The molecule has 1 aromatic heterocycles. The van der Waals surface area contributed by atoms with Crippen molar-refractivity contribution in [1.82, 2.24) is 10.2 Å². The number of nitrogens with zero attached hydrogens (tertiary/aromatic N) is 2. The SMILES string of the molecule is CCCCOC(=O)Cc1c(N(C)C)n[nH]c1-c1ccc(C)cc1. The Hall–Kier alpha value is -2.30. The molecule has 0 amide bonds. The molecule has 5 nitrogen and oxygen atoms in total. The molecule has 0 aliphatic rings. The second kappa shape index (κ2) is 7.81. The molecule has 0 aliphatic heterocycles. The summed E-state index contributed by atoms with van der Waals surface area (Å²) in [6.07, 6.45) is 2.12. The van der Waals surface area contributed by atoms with E-state index in [4.69, 9.17) is 4.74 Å². The van der Waals surface area contributed by atoms with E-state index in [-0.39, 0.29) is 12.4 Å². The maximum atomic E-state index is 12.1. The molecule has 23 heavy (non-hydrogen) atoms. The molecule has 0 aliphatic carbocycles.